The molecule has 0 saturated carbocycles. The highest BCUT2D eigenvalue weighted by molar-refractivity contribution is 6.05. The molecule has 2 saturated heterocycles. The number of carbonyl (C=O) groups is 3. The van der Waals surface area contributed by atoms with E-state index in [9.17, 15) is 14.4 Å². The minimum absolute atomic E-state index is 0.106. The molecule has 1 aromatic rings. The molecule has 3 aliphatic heterocycles. The molecule has 26 heavy (non-hydrogen) atoms. The van der Waals surface area contributed by atoms with Crippen LogP contribution in [-0.2, 0) is 16.1 Å². The van der Waals surface area contributed by atoms with Crippen molar-refractivity contribution in [1.82, 2.24) is 15.1 Å². The van der Waals surface area contributed by atoms with E-state index in [0.717, 1.165) is 18.7 Å². The zero-order valence-electron chi connectivity index (χ0n) is 15.5. The number of amides is 3. The Balaban J connectivity index is 1.49. The maximum atomic E-state index is 12.7. The number of hydrogen-bond acceptors (Lipinski definition) is 4. The number of piperidine rings is 1. The van der Waals surface area contributed by atoms with Crippen molar-refractivity contribution >= 4 is 17.7 Å². The van der Waals surface area contributed by atoms with E-state index in [1.54, 1.807) is 4.90 Å². The first kappa shape index (κ1) is 17.2. The predicted molar refractivity (Wildman–Crippen MR) is 96.6 cm³/mol. The third-order valence-corrected chi connectivity index (χ3v) is 5.85. The third-order valence-electron chi connectivity index (χ3n) is 5.85. The number of fused-ring (bicyclic) bond motifs is 1. The summed E-state index contributed by atoms with van der Waals surface area (Å²) in [7, 11) is 0. The lowest BCUT2D eigenvalue weighted by molar-refractivity contribution is -0.136. The fraction of sp³-hybridized carbons (Fsp3) is 0.550. The smallest absolute Gasteiger partial charge is 0.255 e. The second-order valence-electron chi connectivity index (χ2n) is 8.59. The number of rotatable bonds is 2. The zero-order chi connectivity index (χ0) is 18.6. The topological polar surface area (TPSA) is 69.7 Å². The van der Waals surface area contributed by atoms with Crippen LogP contribution in [-0.4, -0.2) is 52.2 Å². The number of likely N-dealkylation sites (tertiary alicyclic amines) is 1. The van der Waals surface area contributed by atoms with Gasteiger partial charge in [0, 0.05) is 43.1 Å². The van der Waals surface area contributed by atoms with Crippen molar-refractivity contribution in [2.75, 3.05) is 13.1 Å². The van der Waals surface area contributed by atoms with E-state index in [-0.39, 0.29) is 29.7 Å². The number of imide groups is 1. The lowest BCUT2D eigenvalue weighted by Crippen LogP contribution is -2.54. The van der Waals surface area contributed by atoms with Crippen LogP contribution in [0.2, 0.25) is 0 Å². The van der Waals surface area contributed by atoms with Crippen LogP contribution in [0.4, 0.5) is 0 Å². The quantitative estimate of drug-likeness (QED) is 0.819. The van der Waals surface area contributed by atoms with Gasteiger partial charge in [-0.1, -0.05) is 12.1 Å². The van der Waals surface area contributed by atoms with Crippen LogP contribution in [0.5, 0.6) is 0 Å². The molecule has 6 heteroatoms. The van der Waals surface area contributed by atoms with E-state index < -0.39 is 6.04 Å². The Labute approximate surface area is 153 Å². The number of nitrogens with one attached hydrogen (secondary N) is 1. The van der Waals surface area contributed by atoms with Crippen molar-refractivity contribution in [2.45, 2.75) is 57.7 Å². The average molecular weight is 355 g/mol. The second-order valence-corrected chi connectivity index (χ2v) is 8.59. The number of hydrogen-bond donors (Lipinski definition) is 1. The Morgan fingerprint density at radius 1 is 1.12 bits per heavy atom. The van der Waals surface area contributed by atoms with Crippen LogP contribution in [0.15, 0.2) is 18.2 Å². The molecule has 0 aromatic heterocycles. The first-order valence-electron chi connectivity index (χ1n) is 9.26. The number of nitrogens with zero attached hydrogens (tertiary/aromatic N) is 2. The van der Waals surface area contributed by atoms with Crippen LogP contribution in [0.25, 0.3) is 0 Å². The predicted octanol–water partition coefficient (Wildman–Crippen LogP) is 1.65. The van der Waals surface area contributed by atoms with Crippen LogP contribution >= 0.6 is 0 Å². The molecule has 0 aliphatic carbocycles. The summed E-state index contributed by atoms with van der Waals surface area (Å²) in [5.74, 6) is -0.223. The van der Waals surface area contributed by atoms with E-state index in [2.05, 4.69) is 43.1 Å². The highest BCUT2D eigenvalue weighted by atomic mass is 16.2. The largest absolute Gasteiger partial charge is 0.322 e. The van der Waals surface area contributed by atoms with Gasteiger partial charge in [-0.15, -0.1) is 0 Å². The van der Waals surface area contributed by atoms with Gasteiger partial charge in [0.2, 0.25) is 11.8 Å². The molecule has 0 unspecified atom stereocenters. The Morgan fingerprint density at radius 3 is 2.50 bits per heavy atom. The summed E-state index contributed by atoms with van der Waals surface area (Å²) >= 11 is 0. The van der Waals surface area contributed by atoms with Gasteiger partial charge in [-0.05, 0) is 44.4 Å². The maximum Gasteiger partial charge on any atom is 0.255 e. The monoisotopic (exact) mass is 355 g/mol. The van der Waals surface area contributed by atoms with E-state index in [0.29, 0.717) is 24.4 Å². The fourth-order valence-corrected chi connectivity index (χ4v) is 4.09. The van der Waals surface area contributed by atoms with Crippen molar-refractivity contribution < 1.29 is 14.4 Å². The van der Waals surface area contributed by atoms with Crippen LogP contribution < -0.4 is 5.32 Å². The third kappa shape index (κ3) is 2.82. The fourth-order valence-electron chi connectivity index (χ4n) is 4.09. The Hall–Kier alpha value is -2.21. The van der Waals surface area contributed by atoms with Gasteiger partial charge in [-0.25, -0.2) is 0 Å². The van der Waals surface area contributed by atoms with Crippen molar-refractivity contribution in [2.24, 2.45) is 0 Å². The lowest BCUT2D eigenvalue weighted by atomic mass is 9.86. The number of benzene rings is 1. The van der Waals surface area contributed by atoms with Crippen LogP contribution in [0.3, 0.4) is 0 Å². The van der Waals surface area contributed by atoms with Gasteiger partial charge >= 0.3 is 0 Å². The van der Waals surface area contributed by atoms with Gasteiger partial charge in [0.05, 0.1) is 0 Å². The molecule has 1 atom stereocenters. The molecule has 1 N–H and O–H groups in total. The van der Waals surface area contributed by atoms with E-state index in [1.807, 2.05) is 6.07 Å². The van der Waals surface area contributed by atoms with Crippen molar-refractivity contribution in [3.05, 3.63) is 34.9 Å². The molecule has 0 bridgehead atoms. The van der Waals surface area contributed by atoms with Crippen molar-refractivity contribution in [1.29, 1.82) is 0 Å². The number of carbonyl (C=O) groups excluding carboxylic acids is 3. The lowest BCUT2D eigenvalue weighted by Gasteiger charge is -2.48. The molecule has 6 nitrogen and oxygen atoms in total. The van der Waals surface area contributed by atoms with E-state index >= 15 is 0 Å². The molecule has 2 fully saturated rings. The highest BCUT2D eigenvalue weighted by Gasteiger charge is 2.40. The highest BCUT2D eigenvalue weighted by Crippen LogP contribution is 2.35. The van der Waals surface area contributed by atoms with Gasteiger partial charge in [-0.3, -0.25) is 24.6 Å². The normalized spacial score (nSPS) is 24.5. The average Bonchev–Trinajstić information content (AvgIpc) is 2.81. The Bertz CT molecular complexity index is 790. The minimum Gasteiger partial charge on any atom is -0.322 e. The second kappa shape index (κ2) is 5.91. The molecular weight excluding hydrogens is 330 g/mol. The first-order chi connectivity index (χ1) is 12.2. The minimum atomic E-state index is -0.545. The summed E-state index contributed by atoms with van der Waals surface area (Å²) in [6.07, 6.45) is 0.687. The molecule has 3 heterocycles. The van der Waals surface area contributed by atoms with Crippen LogP contribution in [0.1, 0.15) is 61.0 Å². The van der Waals surface area contributed by atoms with Gasteiger partial charge < -0.3 is 4.90 Å². The Kier molecular flexibility index (Phi) is 3.91. The summed E-state index contributed by atoms with van der Waals surface area (Å²) in [4.78, 5) is 40.3. The summed E-state index contributed by atoms with van der Waals surface area (Å²) < 4.78 is 0. The molecule has 3 amide bonds. The SMILES string of the molecule is CC(C)(C)N1CC(c2ccc3c(c2)CN([C@H]2CCC(=O)NC2=O)C3=O)C1. The van der Waals surface area contributed by atoms with Gasteiger partial charge in [0.15, 0.2) is 0 Å². The first-order valence-corrected chi connectivity index (χ1v) is 9.26. The zero-order valence-corrected chi connectivity index (χ0v) is 15.5. The Morgan fingerprint density at radius 2 is 1.85 bits per heavy atom. The summed E-state index contributed by atoms with van der Waals surface area (Å²) in [6.45, 7) is 9.19. The molecule has 0 spiro atoms. The summed E-state index contributed by atoms with van der Waals surface area (Å²) in [6, 6.07) is 5.54. The maximum absolute atomic E-state index is 12.7. The molecular formula is C20H25N3O3. The van der Waals surface area contributed by atoms with Gasteiger partial charge in [0.1, 0.15) is 6.04 Å². The molecule has 4 rings (SSSR count). The van der Waals surface area contributed by atoms with Gasteiger partial charge in [-0.2, -0.15) is 0 Å². The molecule has 0 radical (unpaired) electrons. The molecule has 1 aromatic carbocycles. The van der Waals surface area contributed by atoms with E-state index in [4.69, 9.17) is 0 Å². The van der Waals surface area contributed by atoms with E-state index in [1.165, 1.54) is 5.56 Å². The summed E-state index contributed by atoms with van der Waals surface area (Å²) in [5.41, 5.74) is 3.13. The van der Waals surface area contributed by atoms with Gasteiger partial charge in [0.25, 0.3) is 5.91 Å². The van der Waals surface area contributed by atoms with Crippen molar-refractivity contribution in [3.63, 3.8) is 0 Å². The van der Waals surface area contributed by atoms with Crippen molar-refractivity contribution in [3.8, 4) is 0 Å². The standard InChI is InChI=1S/C20H25N3O3/c1-20(2,3)22-9-14(10-22)12-4-5-15-13(8-12)11-23(19(15)26)16-6-7-17(24)21-18(16)25/h4-5,8,14,16H,6-7,9-11H2,1-3H3,(H,21,24,25)/t16-/m0/s1. The summed E-state index contributed by atoms with van der Waals surface area (Å²) in [5, 5.41) is 2.34. The molecule has 138 valence electrons. The molecule has 3 aliphatic rings. The van der Waals surface area contributed by atoms with Crippen LogP contribution in [0, 0.1) is 0 Å².